The van der Waals surface area contributed by atoms with Crippen molar-refractivity contribution in [3.63, 3.8) is 0 Å². The molecule has 0 aliphatic rings. The smallest absolute Gasteiger partial charge is 0.204 e. The van der Waals surface area contributed by atoms with Crippen LogP contribution >= 0.6 is 11.5 Å². The number of aromatic nitrogens is 2. The Hall–Kier alpha value is -0.580. The van der Waals surface area contributed by atoms with E-state index >= 15 is 0 Å². The summed E-state index contributed by atoms with van der Waals surface area (Å²) in [7, 11) is 0. The minimum atomic E-state index is -2.48. The Bertz CT molecular complexity index is 150. The maximum atomic E-state index is 11.5. The molecule has 1 heterocycles. The van der Waals surface area contributed by atoms with Gasteiger partial charge in [-0.1, -0.05) is 4.49 Å². The molecule has 0 spiro atoms. The molecule has 0 saturated heterocycles. The molecular formula is C3HF2N2S. The van der Waals surface area contributed by atoms with Crippen molar-refractivity contribution in [1.82, 2.24) is 9.59 Å². The van der Waals surface area contributed by atoms with E-state index < -0.39 is 6.43 Å². The van der Waals surface area contributed by atoms with Crippen LogP contribution < -0.4 is 0 Å². The van der Waals surface area contributed by atoms with Gasteiger partial charge in [0.1, 0.15) is 11.1 Å². The molecule has 2 nitrogen and oxygen atoms in total. The van der Waals surface area contributed by atoms with Crippen molar-refractivity contribution in [1.29, 1.82) is 0 Å². The molecule has 1 radical (unpaired) electrons. The molecule has 8 heavy (non-hydrogen) atoms. The van der Waals surface area contributed by atoms with Gasteiger partial charge in [0.15, 0.2) is 0 Å². The van der Waals surface area contributed by atoms with E-state index in [2.05, 4.69) is 9.59 Å². The summed E-state index contributed by atoms with van der Waals surface area (Å²) in [5, 5.41) is 3.11. The highest BCUT2D eigenvalue weighted by Gasteiger charge is 2.08. The first kappa shape index (κ1) is 5.55. The summed E-state index contributed by atoms with van der Waals surface area (Å²) < 4.78 is 26.2. The van der Waals surface area contributed by atoms with E-state index in [0.717, 1.165) is 0 Å². The molecule has 1 aromatic rings. The summed E-state index contributed by atoms with van der Waals surface area (Å²) in [5.74, 6) is 0. The van der Waals surface area contributed by atoms with Crippen LogP contribution in [0.4, 0.5) is 8.78 Å². The summed E-state index contributed by atoms with van der Waals surface area (Å²) in [5.41, 5.74) is 0. The second-order valence-corrected chi connectivity index (χ2v) is 1.84. The lowest BCUT2D eigenvalue weighted by atomic mass is 10.6. The number of nitrogens with zero attached hydrogens (tertiary/aromatic N) is 2. The molecule has 0 bridgehead atoms. The van der Waals surface area contributed by atoms with E-state index in [1.807, 2.05) is 6.20 Å². The van der Waals surface area contributed by atoms with Gasteiger partial charge in [-0.25, -0.2) is 8.78 Å². The highest BCUT2D eigenvalue weighted by Crippen LogP contribution is 2.18. The molecule has 5 heteroatoms. The summed E-state index contributed by atoms with van der Waals surface area (Å²) in [6, 6.07) is 0. The van der Waals surface area contributed by atoms with Gasteiger partial charge >= 0.3 is 0 Å². The van der Waals surface area contributed by atoms with Gasteiger partial charge in [0.2, 0.25) is 0 Å². The summed E-state index contributed by atoms with van der Waals surface area (Å²) >= 11 is 0.664. The number of rotatable bonds is 1. The van der Waals surface area contributed by atoms with Gasteiger partial charge in [-0.2, -0.15) is 0 Å². The summed E-state index contributed by atoms with van der Waals surface area (Å²) in [4.78, 5) is -0.204. The molecule has 0 N–H and O–H groups in total. The van der Waals surface area contributed by atoms with Crippen LogP contribution in [0, 0.1) is 6.20 Å². The fraction of sp³-hybridized carbons (Fsp3) is 0.333. The Labute approximate surface area is 48.3 Å². The van der Waals surface area contributed by atoms with Gasteiger partial charge in [0.05, 0.1) is 0 Å². The maximum absolute atomic E-state index is 11.5. The van der Waals surface area contributed by atoms with Crippen LogP contribution in [-0.2, 0) is 0 Å². The maximum Gasteiger partial charge on any atom is 0.276 e. The van der Waals surface area contributed by atoms with Gasteiger partial charge in [0, 0.05) is 0 Å². The zero-order chi connectivity index (χ0) is 5.98. The molecule has 0 amide bonds. The highest BCUT2D eigenvalue weighted by molar-refractivity contribution is 7.05. The van der Waals surface area contributed by atoms with E-state index in [-0.39, 0.29) is 4.88 Å². The number of hydrogen-bond donors (Lipinski definition) is 0. The summed E-state index contributed by atoms with van der Waals surface area (Å²) in [6.45, 7) is 0. The van der Waals surface area contributed by atoms with E-state index in [4.69, 9.17) is 0 Å². The van der Waals surface area contributed by atoms with Crippen molar-refractivity contribution in [3.05, 3.63) is 11.1 Å². The third-order valence-electron chi connectivity index (χ3n) is 0.538. The minimum Gasteiger partial charge on any atom is -0.204 e. The molecule has 0 saturated carbocycles. The highest BCUT2D eigenvalue weighted by atomic mass is 32.1. The molecule has 0 fully saturated rings. The Morgan fingerprint density at radius 3 is 2.62 bits per heavy atom. The van der Waals surface area contributed by atoms with Crippen molar-refractivity contribution in [2.24, 2.45) is 0 Å². The van der Waals surface area contributed by atoms with Crippen molar-refractivity contribution < 1.29 is 8.78 Å². The minimum absolute atomic E-state index is 0.204. The summed E-state index contributed by atoms with van der Waals surface area (Å²) in [6.07, 6.45) is -0.433. The van der Waals surface area contributed by atoms with E-state index in [1.165, 1.54) is 0 Å². The standard InChI is InChI=1S/C3HF2N2S/c4-3(5)2-1-6-7-8-2/h3H. The zero-order valence-electron chi connectivity index (χ0n) is 3.64. The Balaban J connectivity index is 2.77. The first-order chi connectivity index (χ1) is 3.80. The van der Waals surface area contributed by atoms with Crippen LogP contribution in [0.15, 0.2) is 0 Å². The monoisotopic (exact) mass is 135 g/mol. The van der Waals surface area contributed by atoms with Gasteiger partial charge in [-0.3, -0.25) is 0 Å². The van der Waals surface area contributed by atoms with E-state index in [1.54, 1.807) is 0 Å². The first-order valence-corrected chi connectivity index (χ1v) is 2.56. The quantitative estimate of drug-likeness (QED) is 0.579. The fourth-order valence-corrected chi connectivity index (χ4v) is 0.574. The lowest BCUT2D eigenvalue weighted by Crippen LogP contribution is -1.73. The third-order valence-corrected chi connectivity index (χ3v) is 1.17. The predicted octanol–water partition coefficient (Wildman–Crippen LogP) is 1.28. The van der Waals surface area contributed by atoms with Crippen molar-refractivity contribution in [2.45, 2.75) is 6.43 Å². The molecular weight excluding hydrogens is 134 g/mol. The SMILES string of the molecule is FC(F)c1[c]nns1. The zero-order valence-corrected chi connectivity index (χ0v) is 4.45. The van der Waals surface area contributed by atoms with Crippen LogP contribution in [-0.4, -0.2) is 9.59 Å². The Morgan fingerprint density at radius 1 is 1.62 bits per heavy atom. The lowest BCUT2D eigenvalue weighted by Gasteiger charge is -1.83. The predicted molar refractivity (Wildman–Crippen MR) is 23.7 cm³/mol. The van der Waals surface area contributed by atoms with Crippen LogP contribution in [0.5, 0.6) is 0 Å². The largest absolute Gasteiger partial charge is 0.276 e. The van der Waals surface area contributed by atoms with Gasteiger partial charge in [-0.15, -0.1) is 5.10 Å². The molecule has 0 atom stereocenters. The van der Waals surface area contributed by atoms with Crippen LogP contribution in [0.1, 0.15) is 11.3 Å². The van der Waals surface area contributed by atoms with Crippen LogP contribution in [0.3, 0.4) is 0 Å². The van der Waals surface area contributed by atoms with Gasteiger partial charge in [0.25, 0.3) is 6.43 Å². The molecule has 0 aliphatic heterocycles. The van der Waals surface area contributed by atoms with E-state index in [9.17, 15) is 8.78 Å². The molecule has 1 aromatic heterocycles. The van der Waals surface area contributed by atoms with E-state index in [0.29, 0.717) is 11.5 Å². The van der Waals surface area contributed by atoms with Crippen molar-refractivity contribution >= 4 is 11.5 Å². The third kappa shape index (κ3) is 0.975. The molecule has 43 valence electrons. The average molecular weight is 135 g/mol. The molecule has 0 aliphatic carbocycles. The van der Waals surface area contributed by atoms with Crippen molar-refractivity contribution in [2.75, 3.05) is 0 Å². The Kier molecular flexibility index (Phi) is 1.48. The second kappa shape index (κ2) is 2.13. The lowest BCUT2D eigenvalue weighted by molar-refractivity contribution is 0.155. The number of alkyl halides is 2. The van der Waals surface area contributed by atoms with Crippen LogP contribution in [0.25, 0.3) is 0 Å². The van der Waals surface area contributed by atoms with Crippen LogP contribution in [0.2, 0.25) is 0 Å². The number of halogens is 2. The molecule has 0 unspecified atom stereocenters. The molecule has 1 rings (SSSR count). The second-order valence-electron chi connectivity index (χ2n) is 1.05. The fourth-order valence-electron chi connectivity index (χ4n) is 0.243. The molecule has 0 aromatic carbocycles. The normalized spacial score (nSPS) is 10.4. The topological polar surface area (TPSA) is 25.8 Å². The average Bonchev–Trinajstić information content (AvgIpc) is 2.12. The first-order valence-electron chi connectivity index (χ1n) is 1.79. The Morgan fingerprint density at radius 2 is 2.38 bits per heavy atom. The van der Waals surface area contributed by atoms with Gasteiger partial charge < -0.3 is 0 Å². The number of hydrogen-bond acceptors (Lipinski definition) is 3. The van der Waals surface area contributed by atoms with Crippen molar-refractivity contribution in [3.8, 4) is 0 Å². The van der Waals surface area contributed by atoms with Gasteiger partial charge in [-0.05, 0) is 11.5 Å².